The first-order chi connectivity index (χ1) is 14.3. The molecule has 0 N–H and O–H groups in total. The predicted octanol–water partition coefficient (Wildman–Crippen LogP) is 5.72. The van der Waals surface area contributed by atoms with E-state index in [2.05, 4.69) is 45.9 Å². The van der Waals surface area contributed by atoms with Gasteiger partial charge in [0, 0.05) is 17.7 Å². The van der Waals surface area contributed by atoms with Gasteiger partial charge in [0.1, 0.15) is 17.7 Å². The van der Waals surface area contributed by atoms with E-state index in [1.54, 1.807) is 6.07 Å². The minimum atomic E-state index is 0.0891. The largest absolute Gasteiger partial charge is 0.619 e. The Morgan fingerprint density at radius 3 is 2.47 bits per heavy atom. The zero-order valence-corrected chi connectivity index (χ0v) is 17.8. The van der Waals surface area contributed by atoms with Crippen LogP contribution in [0.1, 0.15) is 37.5 Å². The summed E-state index contributed by atoms with van der Waals surface area (Å²) < 4.78 is 6.93. The number of nitrogens with zero attached hydrogens (tertiary/aromatic N) is 2. The second-order valence-corrected chi connectivity index (χ2v) is 8.66. The highest BCUT2D eigenvalue weighted by Gasteiger charge is 2.17. The van der Waals surface area contributed by atoms with Gasteiger partial charge in [0.15, 0.2) is 12.4 Å². The number of rotatable bonds is 4. The molecule has 0 radical (unpaired) electrons. The highest BCUT2D eigenvalue weighted by Crippen LogP contribution is 2.33. The van der Waals surface area contributed by atoms with Crippen molar-refractivity contribution < 1.29 is 9.47 Å². The van der Waals surface area contributed by atoms with Crippen molar-refractivity contribution in [3.8, 4) is 17.0 Å². The van der Waals surface area contributed by atoms with Gasteiger partial charge in [-0.15, -0.1) is 0 Å². The first-order valence-corrected chi connectivity index (χ1v) is 10.1. The first kappa shape index (κ1) is 19.9. The van der Waals surface area contributed by atoms with Gasteiger partial charge in [-0.2, -0.15) is 4.73 Å². The molecule has 0 bridgehead atoms. The van der Waals surface area contributed by atoms with E-state index >= 15 is 0 Å². The lowest BCUT2D eigenvalue weighted by atomic mass is 9.85. The summed E-state index contributed by atoms with van der Waals surface area (Å²) in [6, 6.07) is 20.2. The summed E-state index contributed by atoms with van der Waals surface area (Å²) >= 11 is 0. The fourth-order valence-corrected chi connectivity index (χ4v) is 3.53. The number of fused-ring (bicyclic) bond motifs is 1. The molecule has 0 spiro atoms. The maximum absolute atomic E-state index is 11.9. The van der Waals surface area contributed by atoms with Gasteiger partial charge in [0.05, 0.1) is 11.2 Å². The number of hydrogen-bond acceptors (Lipinski definition) is 3. The maximum Gasteiger partial charge on any atom is 0.193 e. The lowest BCUT2D eigenvalue weighted by Gasteiger charge is -2.20. The third-order valence-electron chi connectivity index (χ3n) is 5.29. The number of aromatic nitrogens is 2. The Morgan fingerprint density at radius 2 is 1.77 bits per heavy atom. The SMILES string of the molecule is Cc1cc(C(C)(C)C)ccc1-c1cc(OCc2ccccc2)c2c[n+]([O-])ccc2n1. The Kier molecular flexibility index (Phi) is 5.17. The zero-order valence-electron chi connectivity index (χ0n) is 17.8. The van der Waals surface area contributed by atoms with Crippen molar-refractivity contribution in [2.24, 2.45) is 0 Å². The zero-order chi connectivity index (χ0) is 21.3. The van der Waals surface area contributed by atoms with Gasteiger partial charge in [0.2, 0.25) is 0 Å². The fraction of sp³-hybridized carbons (Fsp3) is 0.231. The van der Waals surface area contributed by atoms with Crippen LogP contribution in [0.15, 0.2) is 73.1 Å². The van der Waals surface area contributed by atoms with Gasteiger partial charge in [-0.25, -0.2) is 4.98 Å². The third-order valence-corrected chi connectivity index (χ3v) is 5.29. The van der Waals surface area contributed by atoms with Crippen molar-refractivity contribution in [2.75, 3.05) is 0 Å². The Bertz CT molecular complexity index is 1200. The number of benzene rings is 2. The molecule has 0 fully saturated rings. The maximum atomic E-state index is 11.9. The summed E-state index contributed by atoms with van der Waals surface area (Å²) in [6.07, 6.45) is 2.98. The lowest BCUT2D eigenvalue weighted by Crippen LogP contribution is -2.24. The van der Waals surface area contributed by atoms with Crippen LogP contribution >= 0.6 is 0 Å². The Balaban J connectivity index is 1.78. The lowest BCUT2D eigenvalue weighted by molar-refractivity contribution is -0.603. The molecule has 4 rings (SSSR count). The molecule has 0 unspecified atom stereocenters. The van der Waals surface area contributed by atoms with E-state index in [4.69, 9.17) is 9.72 Å². The van der Waals surface area contributed by atoms with Crippen LogP contribution in [0.5, 0.6) is 5.75 Å². The van der Waals surface area contributed by atoms with Crippen molar-refractivity contribution in [1.29, 1.82) is 0 Å². The van der Waals surface area contributed by atoms with Crippen LogP contribution in [0.2, 0.25) is 0 Å². The van der Waals surface area contributed by atoms with Crippen LogP contribution < -0.4 is 9.47 Å². The third kappa shape index (κ3) is 4.13. The molecule has 2 aromatic carbocycles. The molecule has 4 aromatic rings. The minimum absolute atomic E-state index is 0.0891. The van der Waals surface area contributed by atoms with Crippen molar-refractivity contribution in [3.05, 3.63) is 95.0 Å². The smallest absolute Gasteiger partial charge is 0.193 e. The van der Waals surface area contributed by atoms with E-state index in [0.717, 1.165) is 32.6 Å². The summed E-state index contributed by atoms with van der Waals surface area (Å²) in [4.78, 5) is 4.82. The molecule has 30 heavy (non-hydrogen) atoms. The number of hydrogen-bond donors (Lipinski definition) is 0. The highest BCUT2D eigenvalue weighted by molar-refractivity contribution is 5.87. The summed E-state index contributed by atoms with van der Waals surface area (Å²) in [7, 11) is 0. The predicted molar refractivity (Wildman–Crippen MR) is 120 cm³/mol. The van der Waals surface area contributed by atoms with E-state index < -0.39 is 0 Å². The molecule has 0 amide bonds. The van der Waals surface area contributed by atoms with E-state index in [9.17, 15) is 5.21 Å². The Hall–Kier alpha value is -3.40. The van der Waals surface area contributed by atoms with Gasteiger partial charge in [-0.3, -0.25) is 0 Å². The Labute approximate surface area is 177 Å². The molecule has 4 nitrogen and oxygen atoms in total. The standard InChI is InChI=1S/C26H26N2O2/c1-18-14-20(26(2,3)4)10-11-21(18)24-15-25(30-17-19-8-6-5-7-9-19)22-16-28(29)13-12-23(22)27-24/h5-16H,17H2,1-4H3. The van der Waals surface area contributed by atoms with Crippen LogP contribution in [0, 0.1) is 12.1 Å². The molecule has 2 heterocycles. The average Bonchev–Trinajstić information content (AvgIpc) is 2.72. The van der Waals surface area contributed by atoms with E-state index in [1.165, 1.54) is 18.0 Å². The van der Waals surface area contributed by atoms with Crippen molar-refractivity contribution >= 4 is 10.9 Å². The van der Waals surface area contributed by atoms with E-state index in [-0.39, 0.29) is 5.41 Å². The highest BCUT2D eigenvalue weighted by atomic mass is 16.5. The Morgan fingerprint density at radius 1 is 1.00 bits per heavy atom. The molecule has 0 aliphatic heterocycles. The molecule has 2 aromatic heterocycles. The number of aryl methyl sites for hydroxylation is 1. The minimum Gasteiger partial charge on any atom is -0.619 e. The van der Waals surface area contributed by atoms with Gasteiger partial charge in [0.25, 0.3) is 0 Å². The molecule has 0 aliphatic rings. The number of pyridine rings is 2. The van der Waals surface area contributed by atoms with Gasteiger partial charge >= 0.3 is 0 Å². The van der Waals surface area contributed by atoms with E-state index in [0.29, 0.717) is 17.7 Å². The van der Waals surface area contributed by atoms with Crippen molar-refractivity contribution in [1.82, 2.24) is 4.98 Å². The van der Waals surface area contributed by atoms with Gasteiger partial charge < -0.3 is 9.94 Å². The summed E-state index contributed by atoms with van der Waals surface area (Å²) in [5, 5.41) is 12.6. The summed E-state index contributed by atoms with van der Waals surface area (Å²) in [6.45, 7) is 9.17. The second kappa shape index (κ2) is 7.79. The van der Waals surface area contributed by atoms with Crippen LogP contribution in [-0.2, 0) is 12.0 Å². The van der Waals surface area contributed by atoms with E-state index in [1.807, 2.05) is 36.4 Å². The van der Waals surface area contributed by atoms with Gasteiger partial charge in [-0.05, 0) is 29.0 Å². The van der Waals surface area contributed by atoms with Crippen molar-refractivity contribution in [2.45, 2.75) is 39.7 Å². The summed E-state index contributed by atoms with van der Waals surface area (Å²) in [5.74, 6) is 0.656. The molecule has 0 aliphatic carbocycles. The normalized spacial score (nSPS) is 11.6. The average molecular weight is 399 g/mol. The quantitative estimate of drug-likeness (QED) is 0.326. The molecule has 0 saturated carbocycles. The molecule has 4 heteroatoms. The number of ether oxygens (including phenoxy) is 1. The summed E-state index contributed by atoms with van der Waals surface area (Å²) in [5.41, 5.74) is 6.25. The molecule has 0 saturated heterocycles. The molecule has 152 valence electrons. The fourth-order valence-electron chi connectivity index (χ4n) is 3.53. The topological polar surface area (TPSA) is 49.1 Å². The first-order valence-electron chi connectivity index (χ1n) is 10.1. The molecular formula is C26H26N2O2. The van der Waals surface area contributed by atoms with Crippen LogP contribution in [0.25, 0.3) is 22.2 Å². The second-order valence-electron chi connectivity index (χ2n) is 8.66. The van der Waals surface area contributed by atoms with Crippen LogP contribution in [-0.4, -0.2) is 4.98 Å². The molecule has 0 atom stereocenters. The molecular weight excluding hydrogens is 372 g/mol. The van der Waals surface area contributed by atoms with Gasteiger partial charge in [-0.1, -0.05) is 69.3 Å². The van der Waals surface area contributed by atoms with Crippen LogP contribution in [0.4, 0.5) is 0 Å². The monoisotopic (exact) mass is 398 g/mol. The van der Waals surface area contributed by atoms with Crippen LogP contribution in [0.3, 0.4) is 0 Å². The van der Waals surface area contributed by atoms with Crippen molar-refractivity contribution in [3.63, 3.8) is 0 Å².